The van der Waals surface area contributed by atoms with Gasteiger partial charge in [0, 0.05) is 58.0 Å². The summed E-state index contributed by atoms with van der Waals surface area (Å²) in [5, 5.41) is 0. The SMILES string of the molecule is NC(=O)c1cnc(N2CCN(CC(/C=C/c3ccccc3)N3C(=O)CCC3=O)CC2)nc1. The number of aromatic nitrogens is 2. The molecule has 2 aromatic rings. The van der Waals surface area contributed by atoms with Gasteiger partial charge in [0.2, 0.25) is 17.8 Å². The second kappa shape index (κ2) is 9.69. The van der Waals surface area contributed by atoms with Crippen molar-refractivity contribution in [1.82, 2.24) is 19.8 Å². The summed E-state index contributed by atoms with van der Waals surface area (Å²) < 4.78 is 0. The van der Waals surface area contributed by atoms with Gasteiger partial charge in [0.25, 0.3) is 5.91 Å². The number of imide groups is 1. The topological polar surface area (TPSA) is 113 Å². The number of piperazine rings is 1. The van der Waals surface area contributed by atoms with Crippen LogP contribution in [0.2, 0.25) is 0 Å². The smallest absolute Gasteiger partial charge is 0.251 e. The number of hydrogen-bond donors (Lipinski definition) is 1. The summed E-state index contributed by atoms with van der Waals surface area (Å²) in [7, 11) is 0. The fourth-order valence-corrected chi connectivity index (χ4v) is 3.99. The van der Waals surface area contributed by atoms with Crippen molar-refractivity contribution in [2.45, 2.75) is 18.9 Å². The molecule has 1 aromatic carbocycles. The van der Waals surface area contributed by atoms with Crippen LogP contribution in [0.25, 0.3) is 6.08 Å². The van der Waals surface area contributed by atoms with Crippen LogP contribution >= 0.6 is 0 Å². The number of likely N-dealkylation sites (tertiary alicyclic amines) is 1. The van der Waals surface area contributed by atoms with Crippen molar-refractivity contribution in [3.8, 4) is 0 Å². The van der Waals surface area contributed by atoms with Crippen LogP contribution in [0.5, 0.6) is 0 Å². The number of primary amides is 1. The molecule has 0 bridgehead atoms. The lowest BCUT2D eigenvalue weighted by atomic mass is 10.1. The average molecular weight is 435 g/mol. The maximum atomic E-state index is 12.4. The highest BCUT2D eigenvalue weighted by Crippen LogP contribution is 2.19. The molecule has 1 atom stereocenters. The molecule has 1 aromatic heterocycles. The zero-order valence-electron chi connectivity index (χ0n) is 17.8. The predicted octanol–water partition coefficient (Wildman–Crippen LogP) is 0.928. The van der Waals surface area contributed by atoms with Crippen LogP contribution in [-0.2, 0) is 9.59 Å². The lowest BCUT2D eigenvalue weighted by Gasteiger charge is -2.37. The normalized spacial score (nSPS) is 18.5. The highest BCUT2D eigenvalue weighted by Gasteiger charge is 2.35. The monoisotopic (exact) mass is 434 g/mol. The largest absolute Gasteiger partial charge is 0.366 e. The number of hydrogen-bond acceptors (Lipinski definition) is 7. The minimum Gasteiger partial charge on any atom is -0.366 e. The molecule has 2 N–H and O–H groups in total. The van der Waals surface area contributed by atoms with Crippen LogP contribution in [0.4, 0.5) is 5.95 Å². The lowest BCUT2D eigenvalue weighted by Crippen LogP contribution is -2.52. The fraction of sp³-hybridized carbons (Fsp3) is 0.348. The molecule has 2 fully saturated rings. The highest BCUT2D eigenvalue weighted by molar-refractivity contribution is 6.02. The van der Waals surface area contributed by atoms with E-state index in [1.54, 1.807) is 0 Å². The molecule has 2 aliphatic rings. The van der Waals surface area contributed by atoms with Gasteiger partial charge in [0.15, 0.2) is 0 Å². The molecule has 9 nitrogen and oxygen atoms in total. The Balaban J connectivity index is 1.41. The minimum absolute atomic E-state index is 0.112. The first-order valence-electron chi connectivity index (χ1n) is 10.7. The van der Waals surface area contributed by atoms with Crippen LogP contribution in [0.15, 0.2) is 48.8 Å². The molecule has 0 saturated carbocycles. The van der Waals surface area contributed by atoms with Crippen molar-refractivity contribution >= 4 is 29.7 Å². The molecule has 0 aliphatic carbocycles. The van der Waals surface area contributed by atoms with Crippen LogP contribution in [0.3, 0.4) is 0 Å². The minimum atomic E-state index is -0.554. The van der Waals surface area contributed by atoms with E-state index in [2.05, 4.69) is 14.9 Å². The molecule has 2 saturated heterocycles. The van der Waals surface area contributed by atoms with Gasteiger partial charge in [0.1, 0.15) is 0 Å². The Morgan fingerprint density at radius 1 is 1.00 bits per heavy atom. The summed E-state index contributed by atoms with van der Waals surface area (Å²) in [6, 6.07) is 9.53. The molecule has 166 valence electrons. The number of rotatable bonds is 7. The molecule has 1 unspecified atom stereocenters. The van der Waals surface area contributed by atoms with Crippen LogP contribution < -0.4 is 10.6 Å². The van der Waals surface area contributed by atoms with Crippen LogP contribution in [-0.4, -0.2) is 76.3 Å². The molecule has 3 heterocycles. The summed E-state index contributed by atoms with van der Waals surface area (Å²) in [6.45, 7) is 3.47. The second-order valence-corrected chi connectivity index (χ2v) is 7.92. The van der Waals surface area contributed by atoms with Crippen LogP contribution in [0, 0.1) is 0 Å². The van der Waals surface area contributed by atoms with E-state index >= 15 is 0 Å². The summed E-state index contributed by atoms with van der Waals surface area (Å²) in [6.07, 6.45) is 7.35. The third-order valence-electron chi connectivity index (χ3n) is 5.76. The first-order chi connectivity index (χ1) is 15.5. The highest BCUT2D eigenvalue weighted by atomic mass is 16.2. The van der Waals surface area contributed by atoms with Gasteiger partial charge >= 0.3 is 0 Å². The van der Waals surface area contributed by atoms with E-state index in [0.717, 1.165) is 18.7 Å². The molecule has 2 aliphatic heterocycles. The molecule has 0 radical (unpaired) electrons. The van der Waals surface area contributed by atoms with E-state index in [-0.39, 0.29) is 36.3 Å². The molecule has 9 heteroatoms. The van der Waals surface area contributed by atoms with E-state index in [4.69, 9.17) is 5.73 Å². The van der Waals surface area contributed by atoms with E-state index in [1.807, 2.05) is 47.4 Å². The summed E-state index contributed by atoms with van der Waals surface area (Å²) >= 11 is 0. The first-order valence-corrected chi connectivity index (χ1v) is 10.7. The number of carbonyl (C=O) groups excluding carboxylic acids is 3. The lowest BCUT2D eigenvalue weighted by molar-refractivity contribution is -0.140. The van der Waals surface area contributed by atoms with Crippen molar-refractivity contribution < 1.29 is 14.4 Å². The van der Waals surface area contributed by atoms with Gasteiger partial charge in [-0.05, 0) is 5.56 Å². The van der Waals surface area contributed by atoms with Crippen LogP contribution in [0.1, 0.15) is 28.8 Å². The quantitative estimate of drug-likeness (QED) is 0.645. The van der Waals surface area contributed by atoms with Gasteiger partial charge in [0.05, 0.1) is 11.6 Å². The molecule has 32 heavy (non-hydrogen) atoms. The van der Waals surface area contributed by atoms with Crippen molar-refractivity contribution in [1.29, 1.82) is 0 Å². The van der Waals surface area contributed by atoms with Gasteiger partial charge in [-0.25, -0.2) is 9.97 Å². The standard InChI is InChI=1S/C23H26N6O3/c24-22(32)18-14-25-23(26-15-18)28-12-10-27(11-13-28)16-19(29-20(30)8-9-21(29)31)7-6-17-4-2-1-3-5-17/h1-7,14-15,19H,8-13,16H2,(H2,24,32)/b7-6+. The van der Waals surface area contributed by atoms with Crippen molar-refractivity contribution in [2.75, 3.05) is 37.6 Å². The fourth-order valence-electron chi connectivity index (χ4n) is 3.99. The summed E-state index contributed by atoms with van der Waals surface area (Å²) in [4.78, 5) is 50.2. The van der Waals surface area contributed by atoms with Gasteiger partial charge in [-0.3, -0.25) is 24.2 Å². The Bertz CT molecular complexity index is 984. The van der Waals surface area contributed by atoms with Gasteiger partial charge in [-0.15, -0.1) is 0 Å². The molecule has 4 rings (SSSR count). The van der Waals surface area contributed by atoms with Gasteiger partial charge < -0.3 is 10.6 Å². The van der Waals surface area contributed by atoms with E-state index in [1.165, 1.54) is 17.3 Å². The number of nitrogens with zero attached hydrogens (tertiary/aromatic N) is 5. The number of amides is 3. The average Bonchev–Trinajstić information content (AvgIpc) is 3.15. The first kappa shape index (κ1) is 21.6. The van der Waals surface area contributed by atoms with Crippen molar-refractivity contribution in [2.24, 2.45) is 5.73 Å². The third-order valence-corrected chi connectivity index (χ3v) is 5.76. The van der Waals surface area contributed by atoms with E-state index < -0.39 is 5.91 Å². The molecular weight excluding hydrogens is 408 g/mol. The summed E-state index contributed by atoms with van der Waals surface area (Å²) in [5.41, 5.74) is 6.55. The Kier molecular flexibility index (Phi) is 6.55. The number of carbonyl (C=O) groups is 3. The number of benzene rings is 1. The predicted molar refractivity (Wildman–Crippen MR) is 120 cm³/mol. The molecular formula is C23H26N6O3. The molecule has 3 amide bonds. The second-order valence-electron chi connectivity index (χ2n) is 7.92. The number of nitrogens with two attached hydrogens (primary N) is 1. The summed E-state index contributed by atoms with van der Waals surface area (Å²) in [5.74, 6) is -0.222. The Morgan fingerprint density at radius 3 is 2.22 bits per heavy atom. The Morgan fingerprint density at radius 2 is 1.62 bits per heavy atom. The third kappa shape index (κ3) is 5.00. The maximum absolute atomic E-state index is 12.4. The zero-order valence-corrected chi connectivity index (χ0v) is 17.8. The number of anilines is 1. The maximum Gasteiger partial charge on any atom is 0.251 e. The van der Waals surface area contributed by atoms with E-state index in [0.29, 0.717) is 25.6 Å². The van der Waals surface area contributed by atoms with E-state index in [9.17, 15) is 14.4 Å². The van der Waals surface area contributed by atoms with Crippen molar-refractivity contribution in [3.05, 3.63) is 59.9 Å². The zero-order chi connectivity index (χ0) is 22.5. The Labute approximate surface area is 186 Å². The van der Waals surface area contributed by atoms with Gasteiger partial charge in [-0.2, -0.15) is 0 Å². The Hall–Kier alpha value is -3.59. The van der Waals surface area contributed by atoms with Gasteiger partial charge in [-0.1, -0.05) is 42.5 Å². The molecule has 0 spiro atoms. The van der Waals surface area contributed by atoms with Crippen molar-refractivity contribution in [3.63, 3.8) is 0 Å².